The molecule has 1 aliphatic rings. The Labute approximate surface area is 107 Å². The van der Waals surface area contributed by atoms with Crippen LogP contribution in [0.15, 0.2) is 18.2 Å². The molecule has 4 nitrogen and oxygen atoms in total. The number of hydrogen-bond donors (Lipinski definition) is 1. The van der Waals surface area contributed by atoms with Crippen LogP contribution in [0.2, 0.25) is 0 Å². The van der Waals surface area contributed by atoms with Crippen molar-refractivity contribution in [1.82, 2.24) is 0 Å². The van der Waals surface area contributed by atoms with Crippen LogP contribution in [0.3, 0.4) is 0 Å². The molecule has 4 heteroatoms. The van der Waals surface area contributed by atoms with Crippen LogP contribution in [-0.2, 0) is 4.79 Å². The molecule has 1 heterocycles. The third kappa shape index (κ3) is 2.75. The normalized spacial score (nSPS) is 15.2. The van der Waals surface area contributed by atoms with Crippen LogP contribution in [0.5, 0.6) is 11.5 Å². The highest BCUT2D eigenvalue weighted by molar-refractivity contribution is 5.76. The highest BCUT2D eigenvalue weighted by atomic mass is 16.6. The summed E-state index contributed by atoms with van der Waals surface area (Å²) in [5, 5.41) is 9.29. The average molecular weight is 250 g/mol. The lowest BCUT2D eigenvalue weighted by Gasteiger charge is -2.20. The lowest BCUT2D eigenvalue weighted by molar-refractivity contribution is -0.139. The van der Waals surface area contributed by atoms with E-state index in [1.165, 1.54) is 0 Å². The zero-order chi connectivity index (χ0) is 13.0. The number of benzene rings is 1. The molecule has 98 valence electrons. The number of aliphatic carboxylic acids is 1. The first-order valence-electron chi connectivity index (χ1n) is 6.34. The van der Waals surface area contributed by atoms with Gasteiger partial charge in [0, 0.05) is 0 Å². The van der Waals surface area contributed by atoms with E-state index in [1.807, 2.05) is 6.07 Å². The van der Waals surface area contributed by atoms with Gasteiger partial charge in [-0.2, -0.15) is 0 Å². The minimum Gasteiger partial charge on any atom is -0.486 e. The Morgan fingerprint density at radius 2 is 2.06 bits per heavy atom. The van der Waals surface area contributed by atoms with E-state index in [0.29, 0.717) is 31.1 Å². The second-order valence-corrected chi connectivity index (χ2v) is 4.44. The summed E-state index contributed by atoms with van der Waals surface area (Å²) in [6, 6.07) is 5.41. The van der Waals surface area contributed by atoms with Gasteiger partial charge in [-0.3, -0.25) is 4.79 Å². The van der Waals surface area contributed by atoms with Crippen LogP contribution < -0.4 is 9.47 Å². The van der Waals surface area contributed by atoms with Crippen molar-refractivity contribution in [3.63, 3.8) is 0 Å². The lowest BCUT2D eigenvalue weighted by Crippen LogP contribution is -2.17. The molecule has 0 amide bonds. The maximum atomic E-state index is 11.3. The van der Waals surface area contributed by atoms with E-state index < -0.39 is 11.9 Å². The van der Waals surface area contributed by atoms with Crippen molar-refractivity contribution in [3.05, 3.63) is 23.8 Å². The summed E-state index contributed by atoms with van der Waals surface area (Å²) < 4.78 is 10.9. The van der Waals surface area contributed by atoms with Crippen LogP contribution >= 0.6 is 0 Å². The molecule has 0 aliphatic carbocycles. The molecule has 0 spiro atoms. The minimum atomic E-state index is -0.778. The first-order chi connectivity index (χ1) is 8.72. The molecule has 0 saturated carbocycles. The van der Waals surface area contributed by atoms with E-state index in [1.54, 1.807) is 12.1 Å². The summed E-state index contributed by atoms with van der Waals surface area (Å²) in [7, 11) is 0. The first-order valence-corrected chi connectivity index (χ1v) is 6.34. The Morgan fingerprint density at radius 3 is 2.72 bits per heavy atom. The second-order valence-electron chi connectivity index (χ2n) is 4.44. The van der Waals surface area contributed by atoms with Gasteiger partial charge in [-0.05, 0) is 24.1 Å². The molecule has 1 aliphatic heterocycles. The Balaban J connectivity index is 2.22. The van der Waals surface area contributed by atoms with Gasteiger partial charge in [-0.1, -0.05) is 25.8 Å². The molecule has 1 N–H and O–H groups in total. The topological polar surface area (TPSA) is 55.8 Å². The van der Waals surface area contributed by atoms with Gasteiger partial charge in [0.2, 0.25) is 0 Å². The van der Waals surface area contributed by atoms with Crippen LogP contribution in [0, 0.1) is 0 Å². The zero-order valence-corrected chi connectivity index (χ0v) is 10.5. The van der Waals surface area contributed by atoms with Crippen LogP contribution in [0.25, 0.3) is 0 Å². The molecule has 0 aromatic heterocycles. The Morgan fingerprint density at radius 1 is 1.33 bits per heavy atom. The minimum absolute atomic E-state index is 0.458. The van der Waals surface area contributed by atoms with Gasteiger partial charge in [-0.25, -0.2) is 0 Å². The van der Waals surface area contributed by atoms with Crippen LogP contribution in [0.1, 0.15) is 37.7 Å². The van der Waals surface area contributed by atoms with Crippen LogP contribution in [0.4, 0.5) is 0 Å². The third-order valence-electron chi connectivity index (χ3n) is 3.11. The van der Waals surface area contributed by atoms with Crippen molar-refractivity contribution in [1.29, 1.82) is 0 Å². The van der Waals surface area contributed by atoms with Gasteiger partial charge in [0.1, 0.15) is 13.2 Å². The molecular formula is C14H18O4. The summed E-state index contributed by atoms with van der Waals surface area (Å²) in [6.45, 7) is 3.12. The monoisotopic (exact) mass is 250 g/mol. The highest BCUT2D eigenvalue weighted by Gasteiger charge is 2.21. The van der Waals surface area contributed by atoms with Gasteiger partial charge in [0.05, 0.1) is 5.92 Å². The number of unbranched alkanes of at least 4 members (excludes halogenated alkanes) is 1. The number of hydrogen-bond acceptors (Lipinski definition) is 3. The van der Waals surface area contributed by atoms with Crippen molar-refractivity contribution >= 4 is 5.97 Å². The van der Waals surface area contributed by atoms with E-state index in [-0.39, 0.29) is 0 Å². The predicted molar refractivity (Wildman–Crippen MR) is 67.3 cm³/mol. The van der Waals surface area contributed by atoms with Crippen molar-refractivity contribution in [3.8, 4) is 11.5 Å². The van der Waals surface area contributed by atoms with Gasteiger partial charge in [0.15, 0.2) is 11.5 Å². The van der Waals surface area contributed by atoms with E-state index in [9.17, 15) is 9.90 Å². The highest BCUT2D eigenvalue weighted by Crippen LogP contribution is 2.34. The van der Waals surface area contributed by atoms with Gasteiger partial charge in [-0.15, -0.1) is 0 Å². The fraction of sp³-hybridized carbons (Fsp3) is 0.500. The van der Waals surface area contributed by atoms with Crippen molar-refractivity contribution in [2.75, 3.05) is 13.2 Å². The van der Waals surface area contributed by atoms with E-state index in [2.05, 4.69) is 6.92 Å². The molecule has 0 bridgehead atoms. The quantitative estimate of drug-likeness (QED) is 0.873. The third-order valence-corrected chi connectivity index (χ3v) is 3.11. The summed E-state index contributed by atoms with van der Waals surface area (Å²) in [4.78, 5) is 11.3. The number of rotatable bonds is 5. The lowest BCUT2D eigenvalue weighted by atomic mass is 9.93. The van der Waals surface area contributed by atoms with Crippen molar-refractivity contribution in [2.45, 2.75) is 32.1 Å². The summed E-state index contributed by atoms with van der Waals surface area (Å²) >= 11 is 0. The number of fused-ring (bicyclic) bond motifs is 1. The molecule has 1 aromatic carbocycles. The molecule has 1 unspecified atom stereocenters. The van der Waals surface area contributed by atoms with Gasteiger partial charge < -0.3 is 14.6 Å². The smallest absolute Gasteiger partial charge is 0.310 e. The number of ether oxygens (including phenoxy) is 2. The SMILES string of the molecule is CCCCC(C(=O)O)c1ccc2c(c1)OCCO2. The maximum absolute atomic E-state index is 11.3. The van der Waals surface area contributed by atoms with Gasteiger partial charge in [0.25, 0.3) is 0 Å². The molecule has 18 heavy (non-hydrogen) atoms. The summed E-state index contributed by atoms with van der Waals surface area (Å²) in [6.07, 6.45) is 2.56. The Hall–Kier alpha value is -1.71. The summed E-state index contributed by atoms with van der Waals surface area (Å²) in [5.41, 5.74) is 0.792. The molecule has 1 atom stereocenters. The fourth-order valence-electron chi connectivity index (χ4n) is 2.12. The molecule has 2 rings (SSSR count). The fourth-order valence-corrected chi connectivity index (χ4v) is 2.12. The van der Waals surface area contributed by atoms with E-state index in [0.717, 1.165) is 18.4 Å². The standard InChI is InChI=1S/C14H18O4/c1-2-3-4-11(14(15)16)10-5-6-12-13(9-10)18-8-7-17-12/h5-6,9,11H,2-4,7-8H2,1H3,(H,15,16). The van der Waals surface area contributed by atoms with E-state index >= 15 is 0 Å². The predicted octanol–water partition coefficient (Wildman–Crippen LogP) is 2.82. The summed E-state index contributed by atoms with van der Waals surface area (Å²) in [5.74, 6) is 0.118. The Bertz CT molecular complexity index is 428. The maximum Gasteiger partial charge on any atom is 0.310 e. The van der Waals surface area contributed by atoms with Crippen molar-refractivity contribution in [2.24, 2.45) is 0 Å². The molecular weight excluding hydrogens is 232 g/mol. The Kier molecular flexibility index (Phi) is 4.07. The first kappa shape index (κ1) is 12.7. The molecule has 1 aromatic rings. The molecule has 0 radical (unpaired) electrons. The average Bonchev–Trinajstić information content (AvgIpc) is 2.38. The van der Waals surface area contributed by atoms with Crippen LogP contribution in [-0.4, -0.2) is 24.3 Å². The number of carbonyl (C=O) groups is 1. The zero-order valence-electron chi connectivity index (χ0n) is 10.5. The van der Waals surface area contributed by atoms with Gasteiger partial charge >= 0.3 is 5.97 Å². The number of carboxylic acids is 1. The van der Waals surface area contributed by atoms with E-state index in [4.69, 9.17) is 9.47 Å². The molecule has 0 fully saturated rings. The molecule has 0 saturated heterocycles. The van der Waals surface area contributed by atoms with Crippen molar-refractivity contribution < 1.29 is 19.4 Å². The largest absolute Gasteiger partial charge is 0.486 e. The number of carboxylic acid groups (broad SMARTS) is 1. The second kappa shape index (κ2) is 5.76.